The molecule has 0 unspecified atom stereocenters. The Labute approximate surface area is 156 Å². The molecule has 4 aromatic rings. The summed E-state index contributed by atoms with van der Waals surface area (Å²) in [6, 6.07) is 16.2. The number of benzene rings is 2. The molecule has 0 bridgehead atoms. The molecule has 0 aliphatic carbocycles. The van der Waals surface area contributed by atoms with Crippen molar-refractivity contribution < 1.29 is 12.8 Å². The van der Waals surface area contributed by atoms with Crippen LogP contribution in [0.4, 0.5) is 10.1 Å². The van der Waals surface area contributed by atoms with Gasteiger partial charge in [-0.05, 0) is 42.5 Å². The number of aromatic nitrogens is 2. The second-order valence-corrected chi connectivity index (χ2v) is 7.78. The summed E-state index contributed by atoms with van der Waals surface area (Å²) < 4.78 is 42.5. The van der Waals surface area contributed by atoms with Crippen LogP contribution in [-0.4, -0.2) is 24.4 Å². The number of nitrogens with zero attached hydrogens (tertiary/aromatic N) is 2. The number of fused-ring (bicyclic) bond motifs is 1. The fraction of sp³-hybridized carbons (Fsp3) is 0.0500. The lowest BCUT2D eigenvalue weighted by Gasteiger charge is -2.13. The number of halogens is 1. The highest BCUT2D eigenvalue weighted by Crippen LogP contribution is 2.34. The number of nitrogens with one attached hydrogen (secondary N) is 1. The van der Waals surface area contributed by atoms with Crippen molar-refractivity contribution in [3.63, 3.8) is 0 Å². The summed E-state index contributed by atoms with van der Waals surface area (Å²) in [6.07, 6.45) is 2.79. The second kappa shape index (κ2) is 6.51. The third kappa shape index (κ3) is 2.86. The molecule has 1 N–H and O–H groups in total. The summed E-state index contributed by atoms with van der Waals surface area (Å²) in [4.78, 5) is 3.95. The van der Waals surface area contributed by atoms with E-state index in [1.165, 1.54) is 28.5 Å². The SMILES string of the molecule is CNc1ccc2cc(-c3ccccc3F)n(S(=O)(=O)c3cccnc3)c2c1. The maximum absolute atomic E-state index is 14.5. The van der Waals surface area contributed by atoms with Crippen LogP contribution in [0.1, 0.15) is 0 Å². The average Bonchev–Trinajstić information content (AvgIpc) is 3.08. The first-order chi connectivity index (χ1) is 13.0. The van der Waals surface area contributed by atoms with E-state index >= 15 is 0 Å². The predicted molar refractivity (Wildman–Crippen MR) is 104 cm³/mol. The first-order valence-electron chi connectivity index (χ1n) is 8.26. The summed E-state index contributed by atoms with van der Waals surface area (Å²) >= 11 is 0. The van der Waals surface area contributed by atoms with Gasteiger partial charge in [0.15, 0.2) is 0 Å². The molecule has 2 aromatic carbocycles. The minimum Gasteiger partial charge on any atom is -0.388 e. The van der Waals surface area contributed by atoms with E-state index in [1.807, 2.05) is 6.07 Å². The summed E-state index contributed by atoms with van der Waals surface area (Å²) in [6.45, 7) is 0. The van der Waals surface area contributed by atoms with Crippen LogP contribution < -0.4 is 5.32 Å². The second-order valence-electron chi connectivity index (χ2n) is 5.99. The van der Waals surface area contributed by atoms with E-state index in [9.17, 15) is 12.8 Å². The van der Waals surface area contributed by atoms with Crippen molar-refractivity contribution in [1.29, 1.82) is 0 Å². The Balaban J connectivity index is 2.11. The zero-order chi connectivity index (χ0) is 19.0. The molecule has 0 aliphatic heterocycles. The highest BCUT2D eigenvalue weighted by Gasteiger charge is 2.25. The maximum atomic E-state index is 14.5. The summed E-state index contributed by atoms with van der Waals surface area (Å²) in [5.74, 6) is -0.489. The van der Waals surface area contributed by atoms with Gasteiger partial charge in [-0.3, -0.25) is 4.98 Å². The molecule has 0 radical (unpaired) electrons. The van der Waals surface area contributed by atoms with Crippen molar-refractivity contribution in [1.82, 2.24) is 8.96 Å². The van der Waals surface area contributed by atoms with E-state index < -0.39 is 15.8 Å². The Morgan fingerprint density at radius 3 is 2.56 bits per heavy atom. The van der Waals surface area contributed by atoms with Crippen LogP contribution >= 0.6 is 0 Å². The molecule has 27 heavy (non-hydrogen) atoms. The van der Waals surface area contributed by atoms with Gasteiger partial charge in [0.1, 0.15) is 10.7 Å². The monoisotopic (exact) mass is 381 g/mol. The van der Waals surface area contributed by atoms with E-state index in [2.05, 4.69) is 10.3 Å². The molecule has 0 fully saturated rings. The molecule has 5 nitrogen and oxygen atoms in total. The van der Waals surface area contributed by atoms with Crippen molar-refractivity contribution in [2.75, 3.05) is 12.4 Å². The van der Waals surface area contributed by atoms with Gasteiger partial charge in [0.05, 0.1) is 11.2 Å². The van der Waals surface area contributed by atoms with Crippen LogP contribution in [0.2, 0.25) is 0 Å². The van der Waals surface area contributed by atoms with Crippen LogP contribution in [0.25, 0.3) is 22.2 Å². The molecule has 136 valence electrons. The van der Waals surface area contributed by atoms with Gasteiger partial charge in [0.2, 0.25) is 0 Å². The molecule has 0 atom stereocenters. The van der Waals surface area contributed by atoms with Gasteiger partial charge in [0, 0.05) is 36.1 Å². The molecular formula is C20H16FN3O2S. The van der Waals surface area contributed by atoms with E-state index in [0.29, 0.717) is 10.9 Å². The van der Waals surface area contributed by atoms with Crippen molar-refractivity contribution >= 4 is 26.6 Å². The van der Waals surface area contributed by atoms with Crippen molar-refractivity contribution in [2.45, 2.75) is 4.90 Å². The van der Waals surface area contributed by atoms with Crippen LogP contribution in [0.5, 0.6) is 0 Å². The van der Waals surface area contributed by atoms with Gasteiger partial charge in [-0.1, -0.05) is 18.2 Å². The van der Waals surface area contributed by atoms with Crippen molar-refractivity contribution in [3.05, 3.63) is 78.9 Å². The molecule has 0 spiro atoms. The smallest absolute Gasteiger partial charge is 0.270 e. The number of hydrogen-bond acceptors (Lipinski definition) is 4. The van der Waals surface area contributed by atoms with E-state index in [1.54, 1.807) is 49.5 Å². The largest absolute Gasteiger partial charge is 0.388 e. The Morgan fingerprint density at radius 2 is 1.85 bits per heavy atom. The van der Waals surface area contributed by atoms with Crippen molar-refractivity contribution in [3.8, 4) is 11.3 Å². The van der Waals surface area contributed by atoms with Gasteiger partial charge in [-0.25, -0.2) is 16.8 Å². The fourth-order valence-electron chi connectivity index (χ4n) is 3.05. The lowest BCUT2D eigenvalue weighted by molar-refractivity contribution is 0.588. The summed E-state index contributed by atoms with van der Waals surface area (Å²) in [5.41, 5.74) is 1.69. The van der Waals surface area contributed by atoms with Crippen molar-refractivity contribution in [2.24, 2.45) is 0 Å². The standard InChI is InChI=1S/C20H16FN3O2S/c1-22-15-9-8-14-11-20(17-6-2-3-7-18(17)21)24(19(14)12-15)27(25,26)16-5-4-10-23-13-16/h2-13,22H,1H3. The highest BCUT2D eigenvalue weighted by molar-refractivity contribution is 7.90. The van der Waals surface area contributed by atoms with Crippen LogP contribution in [0.3, 0.4) is 0 Å². The molecular weight excluding hydrogens is 365 g/mol. The minimum absolute atomic E-state index is 0.0370. The normalized spacial score (nSPS) is 11.6. The molecule has 0 saturated carbocycles. The van der Waals surface area contributed by atoms with E-state index in [-0.39, 0.29) is 16.2 Å². The van der Waals surface area contributed by atoms with Crippen LogP contribution in [0.15, 0.2) is 78.0 Å². The first kappa shape index (κ1) is 17.2. The molecule has 0 amide bonds. The molecule has 4 rings (SSSR count). The molecule has 2 aromatic heterocycles. The fourth-order valence-corrected chi connectivity index (χ4v) is 4.54. The minimum atomic E-state index is -3.98. The molecule has 0 aliphatic rings. The van der Waals surface area contributed by atoms with Gasteiger partial charge in [0.25, 0.3) is 10.0 Å². The molecule has 0 saturated heterocycles. The highest BCUT2D eigenvalue weighted by atomic mass is 32.2. The predicted octanol–water partition coefficient (Wildman–Crippen LogP) is 4.12. The zero-order valence-corrected chi connectivity index (χ0v) is 15.2. The van der Waals surface area contributed by atoms with Gasteiger partial charge < -0.3 is 5.32 Å². The zero-order valence-electron chi connectivity index (χ0n) is 14.4. The molecule has 7 heteroatoms. The van der Waals surface area contributed by atoms with Crippen LogP contribution in [0, 0.1) is 5.82 Å². The summed E-state index contributed by atoms with van der Waals surface area (Å²) in [5, 5.41) is 3.70. The Hall–Kier alpha value is -3.19. The number of rotatable bonds is 4. The van der Waals surface area contributed by atoms with Gasteiger partial charge in [-0.15, -0.1) is 0 Å². The van der Waals surface area contributed by atoms with E-state index in [4.69, 9.17) is 0 Å². The first-order valence-corrected chi connectivity index (χ1v) is 9.70. The molecule has 2 heterocycles. The number of hydrogen-bond donors (Lipinski definition) is 1. The maximum Gasteiger partial charge on any atom is 0.270 e. The third-order valence-corrected chi connectivity index (χ3v) is 6.08. The number of pyridine rings is 1. The number of anilines is 1. The quantitative estimate of drug-likeness (QED) is 0.578. The lowest BCUT2D eigenvalue weighted by Crippen LogP contribution is -2.14. The Bertz CT molecular complexity index is 1230. The van der Waals surface area contributed by atoms with Gasteiger partial charge >= 0.3 is 0 Å². The third-order valence-electron chi connectivity index (χ3n) is 4.37. The van der Waals surface area contributed by atoms with E-state index in [0.717, 1.165) is 5.69 Å². The lowest BCUT2D eigenvalue weighted by atomic mass is 10.1. The Kier molecular flexibility index (Phi) is 4.16. The average molecular weight is 381 g/mol. The van der Waals surface area contributed by atoms with Crippen LogP contribution in [-0.2, 0) is 10.0 Å². The Morgan fingerprint density at radius 1 is 1.04 bits per heavy atom. The summed E-state index contributed by atoms with van der Waals surface area (Å²) in [7, 11) is -2.23. The topological polar surface area (TPSA) is 64.0 Å². The van der Waals surface area contributed by atoms with Gasteiger partial charge in [-0.2, -0.15) is 0 Å².